The second-order valence-electron chi connectivity index (χ2n) is 4.43. The van der Waals surface area contributed by atoms with Crippen LogP contribution in [0.4, 0.5) is 5.69 Å². The third-order valence-electron chi connectivity index (χ3n) is 3.15. The number of para-hydroxylation sites is 1. The van der Waals surface area contributed by atoms with E-state index in [1.165, 1.54) is 0 Å². The van der Waals surface area contributed by atoms with E-state index >= 15 is 0 Å². The summed E-state index contributed by atoms with van der Waals surface area (Å²) >= 11 is 3.44. The smallest absolute Gasteiger partial charge is 0.227 e. The summed E-state index contributed by atoms with van der Waals surface area (Å²) in [4.78, 5) is 4.31. The highest BCUT2D eigenvalue weighted by Crippen LogP contribution is 2.38. The van der Waals surface area contributed by atoms with Gasteiger partial charge in [0.25, 0.3) is 0 Å². The average molecular weight is 345 g/mol. The number of methoxy groups -OCH3 is 1. The number of fused-ring (bicyclic) bond motifs is 1. The van der Waals surface area contributed by atoms with Gasteiger partial charge in [-0.1, -0.05) is 12.1 Å². The average Bonchev–Trinajstić information content (AvgIpc) is 2.50. The number of anilines is 1. The van der Waals surface area contributed by atoms with Crippen LogP contribution in [-0.2, 0) is 0 Å². The summed E-state index contributed by atoms with van der Waals surface area (Å²) in [5, 5.41) is 1.81. The van der Waals surface area contributed by atoms with E-state index in [9.17, 15) is 0 Å². The molecule has 106 valence electrons. The van der Waals surface area contributed by atoms with Gasteiger partial charge in [-0.25, -0.2) is 4.98 Å². The van der Waals surface area contributed by atoms with Crippen molar-refractivity contribution in [3.05, 3.63) is 53.1 Å². The molecule has 2 N–H and O–H groups in total. The Morgan fingerprint density at radius 1 is 1.05 bits per heavy atom. The van der Waals surface area contributed by atoms with Crippen LogP contribution < -0.4 is 15.2 Å². The fraction of sp³-hybridized carbons (Fsp3) is 0.0625. The van der Waals surface area contributed by atoms with Gasteiger partial charge in [0.05, 0.1) is 17.3 Å². The number of benzene rings is 2. The lowest BCUT2D eigenvalue weighted by Crippen LogP contribution is -1.95. The highest BCUT2D eigenvalue weighted by atomic mass is 79.9. The Labute approximate surface area is 130 Å². The minimum atomic E-state index is 0.491. The van der Waals surface area contributed by atoms with Crippen molar-refractivity contribution in [2.24, 2.45) is 0 Å². The molecule has 3 aromatic rings. The third-order valence-corrected chi connectivity index (χ3v) is 3.77. The predicted molar refractivity (Wildman–Crippen MR) is 86.9 cm³/mol. The number of hydrogen-bond donors (Lipinski definition) is 1. The Balaban J connectivity index is 2.13. The first kappa shape index (κ1) is 13.7. The van der Waals surface area contributed by atoms with Gasteiger partial charge in [0.1, 0.15) is 5.75 Å². The summed E-state index contributed by atoms with van der Waals surface area (Å²) in [7, 11) is 1.64. The molecule has 3 rings (SSSR count). The first-order chi connectivity index (χ1) is 10.2. The minimum absolute atomic E-state index is 0.491. The molecule has 0 atom stereocenters. The molecule has 0 unspecified atom stereocenters. The van der Waals surface area contributed by atoms with Crippen LogP contribution in [0.2, 0.25) is 0 Å². The zero-order chi connectivity index (χ0) is 14.8. The van der Waals surface area contributed by atoms with E-state index in [1.54, 1.807) is 19.4 Å². The lowest BCUT2D eigenvalue weighted by atomic mass is 10.1. The van der Waals surface area contributed by atoms with Gasteiger partial charge in [0.15, 0.2) is 5.75 Å². The number of nitrogen functional groups attached to an aromatic ring is 1. The maximum Gasteiger partial charge on any atom is 0.227 e. The van der Waals surface area contributed by atoms with Crippen LogP contribution in [0.15, 0.2) is 53.1 Å². The molecule has 0 spiro atoms. The topological polar surface area (TPSA) is 57.4 Å². The molecule has 0 aliphatic heterocycles. The van der Waals surface area contributed by atoms with Crippen molar-refractivity contribution in [2.75, 3.05) is 12.8 Å². The number of rotatable bonds is 3. The Morgan fingerprint density at radius 3 is 2.62 bits per heavy atom. The van der Waals surface area contributed by atoms with E-state index in [0.717, 1.165) is 21.0 Å². The summed E-state index contributed by atoms with van der Waals surface area (Å²) in [6.45, 7) is 0. The molecule has 1 heterocycles. The molecule has 0 fully saturated rings. The Bertz CT molecular complexity index is 785. The van der Waals surface area contributed by atoms with E-state index in [4.69, 9.17) is 15.2 Å². The molecule has 1 aromatic heterocycles. The first-order valence-electron chi connectivity index (χ1n) is 6.34. The number of nitrogens with zero attached hydrogens (tertiary/aromatic N) is 1. The molecule has 21 heavy (non-hydrogen) atoms. The van der Waals surface area contributed by atoms with E-state index in [1.807, 2.05) is 36.4 Å². The van der Waals surface area contributed by atoms with Crippen LogP contribution in [0.3, 0.4) is 0 Å². The van der Waals surface area contributed by atoms with Crippen molar-refractivity contribution in [2.45, 2.75) is 0 Å². The van der Waals surface area contributed by atoms with Crippen LogP contribution >= 0.6 is 15.9 Å². The van der Waals surface area contributed by atoms with Crippen molar-refractivity contribution in [3.63, 3.8) is 0 Å². The lowest BCUT2D eigenvalue weighted by molar-refractivity contribution is 0.419. The molecule has 0 amide bonds. The predicted octanol–water partition coefficient (Wildman–Crippen LogP) is 4.38. The number of nitrogens with two attached hydrogens (primary N) is 1. The summed E-state index contributed by atoms with van der Waals surface area (Å²) in [5.74, 6) is 1.82. The number of halogens is 1. The lowest BCUT2D eigenvalue weighted by Gasteiger charge is -2.12. The minimum Gasteiger partial charge on any atom is -0.496 e. The van der Waals surface area contributed by atoms with Crippen LogP contribution in [0.25, 0.3) is 10.8 Å². The van der Waals surface area contributed by atoms with Gasteiger partial charge in [-0.3, -0.25) is 0 Å². The first-order valence-corrected chi connectivity index (χ1v) is 7.13. The number of pyridine rings is 1. The Kier molecular flexibility index (Phi) is 3.66. The van der Waals surface area contributed by atoms with Gasteiger partial charge in [0.2, 0.25) is 5.88 Å². The number of aromatic nitrogens is 1. The van der Waals surface area contributed by atoms with E-state index in [-0.39, 0.29) is 0 Å². The normalized spacial score (nSPS) is 10.6. The van der Waals surface area contributed by atoms with Crippen molar-refractivity contribution >= 4 is 32.4 Å². The maximum absolute atomic E-state index is 5.96. The van der Waals surface area contributed by atoms with Crippen LogP contribution in [-0.4, -0.2) is 12.1 Å². The van der Waals surface area contributed by atoms with Gasteiger partial charge < -0.3 is 15.2 Å². The largest absolute Gasteiger partial charge is 0.496 e. The fourth-order valence-electron chi connectivity index (χ4n) is 2.14. The van der Waals surface area contributed by atoms with Gasteiger partial charge >= 0.3 is 0 Å². The monoisotopic (exact) mass is 344 g/mol. The molecule has 2 aromatic carbocycles. The summed E-state index contributed by atoms with van der Waals surface area (Å²) < 4.78 is 12.1. The highest BCUT2D eigenvalue weighted by Gasteiger charge is 2.12. The standard InChI is InChI=1S/C16H13BrN2O2/c1-20-14-7-2-4-11-10(14)8-9-19-16(11)21-15-12(17)5-3-6-13(15)18/h2-9H,18H2,1H3. The molecule has 0 bridgehead atoms. The van der Waals surface area contributed by atoms with Gasteiger partial charge in [-0.2, -0.15) is 0 Å². The quantitative estimate of drug-likeness (QED) is 0.716. The third kappa shape index (κ3) is 2.52. The SMILES string of the molecule is COc1cccc2c(Oc3c(N)cccc3Br)nccc12. The van der Waals surface area contributed by atoms with Gasteiger partial charge in [0, 0.05) is 17.0 Å². The second-order valence-corrected chi connectivity index (χ2v) is 5.29. The molecule has 5 heteroatoms. The molecule has 0 saturated heterocycles. The van der Waals surface area contributed by atoms with Crippen molar-refractivity contribution in [1.29, 1.82) is 0 Å². The van der Waals surface area contributed by atoms with Crippen LogP contribution in [0.1, 0.15) is 0 Å². The van der Waals surface area contributed by atoms with E-state index in [0.29, 0.717) is 17.3 Å². The fourth-order valence-corrected chi connectivity index (χ4v) is 2.60. The number of ether oxygens (including phenoxy) is 2. The molecule has 0 aliphatic rings. The maximum atomic E-state index is 5.96. The molecule has 0 radical (unpaired) electrons. The van der Waals surface area contributed by atoms with Gasteiger partial charge in [-0.05, 0) is 46.3 Å². The van der Waals surface area contributed by atoms with Crippen LogP contribution in [0.5, 0.6) is 17.4 Å². The second kappa shape index (κ2) is 5.61. The molecule has 0 saturated carbocycles. The zero-order valence-electron chi connectivity index (χ0n) is 11.3. The van der Waals surface area contributed by atoms with E-state index in [2.05, 4.69) is 20.9 Å². The zero-order valence-corrected chi connectivity index (χ0v) is 12.9. The molecular weight excluding hydrogens is 332 g/mol. The van der Waals surface area contributed by atoms with Gasteiger partial charge in [-0.15, -0.1) is 0 Å². The Morgan fingerprint density at radius 2 is 1.86 bits per heavy atom. The summed E-state index contributed by atoms with van der Waals surface area (Å²) in [6, 6.07) is 13.1. The molecule has 0 aliphatic carbocycles. The molecule has 4 nitrogen and oxygen atoms in total. The summed E-state index contributed by atoms with van der Waals surface area (Å²) in [5.41, 5.74) is 6.51. The van der Waals surface area contributed by atoms with Crippen molar-refractivity contribution < 1.29 is 9.47 Å². The van der Waals surface area contributed by atoms with Crippen molar-refractivity contribution in [3.8, 4) is 17.4 Å². The van der Waals surface area contributed by atoms with E-state index < -0.39 is 0 Å². The summed E-state index contributed by atoms with van der Waals surface area (Å²) in [6.07, 6.45) is 1.69. The molecular formula is C16H13BrN2O2. The highest BCUT2D eigenvalue weighted by molar-refractivity contribution is 9.10. The van der Waals surface area contributed by atoms with Crippen molar-refractivity contribution in [1.82, 2.24) is 4.98 Å². The van der Waals surface area contributed by atoms with Crippen LogP contribution in [0, 0.1) is 0 Å². The number of hydrogen-bond acceptors (Lipinski definition) is 4. The Hall–Kier alpha value is -2.27.